The van der Waals surface area contributed by atoms with Gasteiger partial charge in [0, 0.05) is 17.3 Å². The number of benzene rings is 1. The second-order valence-electron chi connectivity index (χ2n) is 7.41. The lowest BCUT2D eigenvalue weighted by Gasteiger charge is -2.12. The first kappa shape index (κ1) is 23.2. The monoisotopic (exact) mass is 502 g/mol. The van der Waals surface area contributed by atoms with Crippen LogP contribution in [-0.4, -0.2) is 24.9 Å². The zero-order valence-corrected chi connectivity index (χ0v) is 17.8. The molecule has 7 nitrogen and oxygen atoms in total. The Hall–Kier alpha value is -4.55. The first-order valence-corrected chi connectivity index (χ1v) is 10.2. The van der Waals surface area contributed by atoms with Crippen molar-refractivity contribution in [3.63, 3.8) is 0 Å². The normalized spacial score (nSPS) is 12.2. The van der Waals surface area contributed by atoms with Crippen molar-refractivity contribution in [2.45, 2.75) is 12.4 Å². The molecule has 1 N–H and O–H groups in total. The third kappa shape index (κ3) is 4.67. The molecule has 0 aliphatic rings. The van der Waals surface area contributed by atoms with E-state index in [4.69, 9.17) is 4.42 Å². The Bertz CT molecular complexity index is 1560. The lowest BCUT2D eigenvalue weighted by molar-refractivity contribution is -0.141. The van der Waals surface area contributed by atoms with Gasteiger partial charge >= 0.3 is 12.4 Å². The molecule has 0 aliphatic carbocycles. The van der Waals surface area contributed by atoms with E-state index >= 15 is 0 Å². The summed E-state index contributed by atoms with van der Waals surface area (Å²) in [6, 6.07) is 12.0. The topological polar surface area (TPSA) is 89.6 Å². The summed E-state index contributed by atoms with van der Waals surface area (Å²) in [5.41, 5.74) is -1.78. The molecule has 1 aromatic carbocycles. The maximum Gasteiger partial charge on any atom is 0.433 e. The van der Waals surface area contributed by atoms with Crippen LogP contribution in [0.25, 0.3) is 33.9 Å². The quantitative estimate of drug-likeness (QED) is 0.280. The predicted octanol–water partition coefficient (Wildman–Crippen LogP) is 6.52. The van der Waals surface area contributed by atoms with Gasteiger partial charge in [0.1, 0.15) is 22.7 Å². The maximum absolute atomic E-state index is 13.2. The van der Waals surface area contributed by atoms with E-state index < -0.39 is 23.7 Å². The maximum atomic E-state index is 13.2. The number of rotatable bonds is 4. The zero-order chi connectivity index (χ0) is 25.5. The fourth-order valence-corrected chi connectivity index (χ4v) is 3.35. The molecular formula is C23H12F6N6O. The van der Waals surface area contributed by atoms with E-state index in [1.165, 1.54) is 18.4 Å². The average molecular weight is 502 g/mol. The molecule has 0 amide bonds. The van der Waals surface area contributed by atoms with Crippen LogP contribution in [-0.2, 0) is 12.4 Å². The molecule has 36 heavy (non-hydrogen) atoms. The fourth-order valence-electron chi connectivity index (χ4n) is 3.35. The van der Waals surface area contributed by atoms with Crippen LogP contribution in [0.3, 0.4) is 0 Å². The van der Waals surface area contributed by atoms with Gasteiger partial charge in [-0.05, 0) is 36.4 Å². The van der Waals surface area contributed by atoms with Crippen LogP contribution in [0, 0.1) is 0 Å². The van der Waals surface area contributed by atoms with E-state index in [1.807, 2.05) is 0 Å². The summed E-state index contributed by atoms with van der Waals surface area (Å²) in [5.74, 6) is -0.452. The molecule has 0 radical (unpaired) electrons. The van der Waals surface area contributed by atoms with Crippen LogP contribution >= 0.6 is 0 Å². The molecule has 4 aromatic heterocycles. The van der Waals surface area contributed by atoms with E-state index in [2.05, 4.69) is 30.2 Å². The Kier molecular flexibility index (Phi) is 5.54. The zero-order valence-electron chi connectivity index (χ0n) is 17.8. The van der Waals surface area contributed by atoms with Crippen molar-refractivity contribution in [1.82, 2.24) is 24.9 Å². The van der Waals surface area contributed by atoms with Gasteiger partial charge in [-0.1, -0.05) is 18.2 Å². The van der Waals surface area contributed by atoms with Crippen molar-refractivity contribution in [3.8, 4) is 22.9 Å². The standard InChI is InChI=1S/C23H12F6N6O/c24-22(25,26)16-6-2-5-15(32-16)20-33-19(14-4-1-3-12-8-10-36-18(12)14)34-21(35-20)31-13-7-9-30-17(11-13)23(27,28)29/h1-11H,(H,30,31,33,34,35). The molecule has 5 aromatic rings. The molecule has 0 saturated heterocycles. The number of nitrogens with zero attached hydrogens (tertiary/aromatic N) is 5. The second kappa shape index (κ2) is 8.59. The highest BCUT2D eigenvalue weighted by atomic mass is 19.4. The number of pyridine rings is 2. The van der Waals surface area contributed by atoms with Gasteiger partial charge in [0.2, 0.25) is 5.95 Å². The molecule has 0 aliphatic heterocycles. The third-order valence-corrected chi connectivity index (χ3v) is 4.93. The van der Waals surface area contributed by atoms with Crippen molar-refractivity contribution >= 4 is 22.6 Å². The molecule has 5 rings (SSSR count). The van der Waals surface area contributed by atoms with Gasteiger partial charge in [0.15, 0.2) is 11.6 Å². The number of halogens is 6. The molecule has 13 heteroatoms. The van der Waals surface area contributed by atoms with E-state index in [9.17, 15) is 26.3 Å². The second-order valence-corrected chi connectivity index (χ2v) is 7.41. The molecule has 0 saturated carbocycles. The fraction of sp³-hybridized carbons (Fsp3) is 0.0870. The van der Waals surface area contributed by atoms with E-state index in [1.54, 1.807) is 24.3 Å². The van der Waals surface area contributed by atoms with Crippen LogP contribution < -0.4 is 5.32 Å². The Morgan fingerprint density at radius 3 is 2.25 bits per heavy atom. The van der Waals surface area contributed by atoms with Gasteiger partial charge in [-0.2, -0.15) is 36.3 Å². The molecule has 0 unspecified atom stereocenters. The highest BCUT2D eigenvalue weighted by Gasteiger charge is 2.33. The summed E-state index contributed by atoms with van der Waals surface area (Å²) >= 11 is 0. The largest absolute Gasteiger partial charge is 0.464 e. The van der Waals surface area contributed by atoms with Crippen molar-refractivity contribution in [2.24, 2.45) is 0 Å². The minimum atomic E-state index is -4.71. The average Bonchev–Trinajstić information content (AvgIpc) is 3.32. The number of nitrogens with one attached hydrogen (secondary N) is 1. The Balaban J connectivity index is 1.65. The number of para-hydroxylation sites is 1. The van der Waals surface area contributed by atoms with Gasteiger partial charge in [0.25, 0.3) is 0 Å². The van der Waals surface area contributed by atoms with Crippen LogP contribution in [0.4, 0.5) is 38.0 Å². The minimum absolute atomic E-state index is 0.00682. The van der Waals surface area contributed by atoms with Crippen LogP contribution in [0.1, 0.15) is 11.4 Å². The lowest BCUT2D eigenvalue weighted by atomic mass is 10.1. The van der Waals surface area contributed by atoms with Crippen molar-refractivity contribution in [1.29, 1.82) is 0 Å². The van der Waals surface area contributed by atoms with E-state index in [0.29, 0.717) is 16.5 Å². The van der Waals surface area contributed by atoms with E-state index in [-0.39, 0.29) is 29.0 Å². The number of anilines is 2. The molecule has 0 bridgehead atoms. The molecule has 0 fully saturated rings. The summed E-state index contributed by atoms with van der Waals surface area (Å²) in [5, 5.41) is 3.35. The van der Waals surface area contributed by atoms with Gasteiger partial charge in [-0.15, -0.1) is 0 Å². The Morgan fingerprint density at radius 2 is 1.47 bits per heavy atom. The lowest BCUT2D eigenvalue weighted by Crippen LogP contribution is -2.10. The molecule has 0 spiro atoms. The summed E-state index contributed by atoms with van der Waals surface area (Å²) < 4.78 is 84.5. The van der Waals surface area contributed by atoms with Gasteiger partial charge in [0.05, 0.1) is 11.8 Å². The third-order valence-electron chi connectivity index (χ3n) is 4.93. The van der Waals surface area contributed by atoms with Crippen LogP contribution in [0.15, 0.2) is 71.5 Å². The van der Waals surface area contributed by atoms with Crippen molar-refractivity contribution in [3.05, 3.63) is 78.4 Å². The summed E-state index contributed by atoms with van der Waals surface area (Å²) in [6.07, 6.45) is -7.01. The first-order valence-electron chi connectivity index (χ1n) is 10.2. The van der Waals surface area contributed by atoms with Gasteiger partial charge < -0.3 is 9.73 Å². The van der Waals surface area contributed by atoms with Gasteiger partial charge in [-0.25, -0.2) is 9.97 Å². The number of alkyl halides is 6. The van der Waals surface area contributed by atoms with Crippen LogP contribution in [0.5, 0.6) is 0 Å². The SMILES string of the molecule is FC(F)(F)c1cc(Nc2nc(-c3cccc(C(F)(F)F)n3)nc(-c3cccc4ccoc34)n2)ccn1. The number of aromatic nitrogens is 5. The smallest absolute Gasteiger partial charge is 0.433 e. The number of hydrogen-bond acceptors (Lipinski definition) is 7. The van der Waals surface area contributed by atoms with Gasteiger partial charge in [-0.3, -0.25) is 4.98 Å². The van der Waals surface area contributed by atoms with Crippen LogP contribution in [0.2, 0.25) is 0 Å². The summed E-state index contributed by atoms with van der Waals surface area (Å²) in [7, 11) is 0. The molecule has 182 valence electrons. The molecular weight excluding hydrogens is 490 g/mol. The summed E-state index contributed by atoms with van der Waals surface area (Å²) in [4.78, 5) is 19.6. The number of furan rings is 1. The Morgan fingerprint density at radius 1 is 0.722 bits per heavy atom. The number of hydrogen-bond donors (Lipinski definition) is 1. The highest BCUT2D eigenvalue weighted by Crippen LogP contribution is 2.32. The van der Waals surface area contributed by atoms with E-state index in [0.717, 1.165) is 24.4 Å². The van der Waals surface area contributed by atoms with Crippen molar-refractivity contribution < 1.29 is 30.8 Å². The minimum Gasteiger partial charge on any atom is -0.464 e. The first-order chi connectivity index (χ1) is 17.1. The van der Waals surface area contributed by atoms with Crippen molar-refractivity contribution in [2.75, 3.05) is 5.32 Å². The summed E-state index contributed by atoms with van der Waals surface area (Å²) in [6.45, 7) is 0. The molecule has 0 atom stereocenters. The highest BCUT2D eigenvalue weighted by molar-refractivity contribution is 5.90. The molecule has 4 heterocycles. The predicted molar refractivity (Wildman–Crippen MR) is 116 cm³/mol. The Labute approximate surface area is 197 Å². The number of fused-ring (bicyclic) bond motifs is 1.